The Labute approximate surface area is 169 Å². The molecule has 4 rings (SSSR count). The van der Waals surface area contributed by atoms with Crippen molar-refractivity contribution in [3.8, 4) is 11.3 Å². The molecule has 7 nitrogen and oxygen atoms in total. The zero-order valence-electron chi connectivity index (χ0n) is 15.1. The molecule has 0 aliphatic heterocycles. The zero-order valence-corrected chi connectivity index (χ0v) is 16.7. The third-order valence-electron chi connectivity index (χ3n) is 4.14. The molecular formula is C19H16ClN5O2S. The Morgan fingerprint density at radius 3 is 2.68 bits per heavy atom. The van der Waals surface area contributed by atoms with Gasteiger partial charge in [-0.05, 0) is 42.8 Å². The lowest BCUT2D eigenvalue weighted by Crippen LogP contribution is -2.36. The number of nitrogens with two attached hydrogens (primary N) is 1. The number of halogens is 1. The number of thiophene rings is 1. The van der Waals surface area contributed by atoms with Gasteiger partial charge in [0.05, 0.1) is 16.3 Å². The van der Waals surface area contributed by atoms with E-state index in [-0.39, 0.29) is 11.9 Å². The first-order chi connectivity index (χ1) is 13.4. The zero-order chi connectivity index (χ0) is 19.8. The molecule has 1 aromatic carbocycles. The smallest absolute Gasteiger partial charge is 0.320 e. The van der Waals surface area contributed by atoms with Gasteiger partial charge in [-0.25, -0.2) is 9.98 Å². The van der Waals surface area contributed by atoms with Crippen LogP contribution in [-0.2, 0) is 0 Å². The number of hydrogen-bond acceptors (Lipinski definition) is 7. The first-order valence-corrected chi connectivity index (χ1v) is 9.71. The number of anilines is 1. The lowest BCUT2D eigenvalue weighted by Gasteiger charge is -2.06. The molecular weight excluding hydrogens is 398 g/mol. The molecule has 0 amide bonds. The van der Waals surface area contributed by atoms with Gasteiger partial charge < -0.3 is 10.8 Å². The third-order valence-corrected chi connectivity index (χ3v) is 5.50. The van der Waals surface area contributed by atoms with Crippen LogP contribution in [0.3, 0.4) is 0 Å². The van der Waals surface area contributed by atoms with Gasteiger partial charge >= 0.3 is 5.88 Å². The Bertz CT molecular complexity index is 1180. The maximum atomic E-state index is 12.6. The summed E-state index contributed by atoms with van der Waals surface area (Å²) in [5.74, 6) is -0.356. The lowest BCUT2D eigenvalue weighted by atomic mass is 10.1. The van der Waals surface area contributed by atoms with Crippen LogP contribution in [0, 0.1) is 0 Å². The Kier molecular flexibility index (Phi) is 4.74. The van der Waals surface area contributed by atoms with Gasteiger partial charge in [-0.2, -0.15) is 0 Å². The summed E-state index contributed by atoms with van der Waals surface area (Å²) in [6.07, 6.45) is 1.57. The molecule has 2 N–H and O–H groups in total. The standard InChI is InChI=1S/C19H16ClN5O2S/c1-10(2)25-9-15(27-24-25)23-18(26)17-16(21)13-7-8-14(22-19(13)28-17)11-3-5-12(20)6-4-11/h3-10H,1-2H3,(H2-,21,23,24,26). The van der Waals surface area contributed by atoms with Crippen LogP contribution in [0.2, 0.25) is 5.02 Å². The molecule has 0 radical (unpaired) electrons. The van der Waals surface area contributed by atoms with Gasteiger partial charge in [0.2, 0.25) is 5.27 Å². The summed E-state index contributed by atoms with van der Waals surface area (Å²) in [6, 6.07) is 11.2. The molecule has 3 aromatic heterocycles. The lowest BCUT2D eigenvalue weighted by molar-refractivity contribution is -0.779. The fourth-order valence-corrected chi connectivity index (χ4v) is 3.73. The summed E-state index contributed by atoms with van der Waals surface area (Å²) in [7, 11) is 0. The number of aliphatic imine (C=N–C) groups is 1. The monoisotopic (exact) mass is 413 g/mol. The number of hydrogen-bond donors (Lipinski definition) is 1. The van der Waals surface area contributed by atoms with E-state index in [1.807, 2.05) is 38.1 Å². The van der Waals surface area contributed by atoms with E-state index in [1.165, 1.54) is 11.3 Å². The molecule has 0 aliphatic rings. The van der Waals surface area contributed by atoms with E-state index in [1.54, 1.807) is 23.0 Å². The van der Waals surface area contributed by atoms with Crippen molar-refractivity contribution in [2.24, 2.45) is 4.99 Å². The minimum atomic E-state index is -0.486. The highest BCUT2D eigenvalue weighted by Gasteiger charge is 2.16. The molecule has 0 saturated heterocycles. The van der Waals surface area contributed by atoms with Crippen LogP contribution in [-0.4, -0.2) is 16.2 Å². The average Bonchev–Trinajstić information content (AvgIpc) is 3.27. The highest BCUT2D eigenvalue weighted by Crippen LogP contribution is 2.34. The average molecular weight is 414 g/mol. The summed E-state index contributed by atoms with van der Waals surface area (Å²) < 4.78 is 6.67. The molecule has 9 heteroatoms. The second-order valence-corrected chi connectivity index (χ2v) is 7.87. The van der Waals surface area contributed by atoms with Crippen LogP contribution in [0.15, 0.2) is 52.1 Å². The van der Waals surface area contributed by atoms with Gasteiger partial charge in [0.1, 0.15) is 4.83 Å². The third kappa shape index (κ3) is 3.44. The summed E-state index contributed by atoms with van der Waals surface area (Å²) in [5, 5.41) is 17.8. The minimum absolute atomic E-state index is 0.104. The van der Waals surface area contributed by atoms with Crippen molar-refractivity contribution in [2.75, 3.05) is 5.73 Å². The quantitative estimate of drug-likeness (QED) is 0.313. The van der Waals surface area contributed by atoms with Crippen LogP contribution in [0.1, 0.15) is 24.8 Å². The van der Waals surface area contributed by atoms with Gasteiger partial charge in [0.25, 0.3) is 6.20 Å². The predicted molar refractivity (Wildman–Crippen MR) is 108 cm³/mol. The summed E-state index contributed by atoms with van der Waals surface area (Å²) in [4.78, 5) is 9.60. The number of nitrogens with zero attached hydrogens (tertiary/aromatic N) is 4. The number of nitrogen functional groups attached to an aromatic ring is 1. The van der Waals surface area contributed by atoms with Gasteiger partial charge in [-0.3, -0.25) is 4.52 Å². The molecule has 0 unspecified atom stereocenters. The first-order valence-electron chi connectivity index (χ1n) is 8.51. The maximum Gasteiger partial charge on any atom is 0.320 e. The number of aromatic nitrogens is 3. The molecule has 142 valence electrons. The van der Waals surface area contributed by atoms with E-state index < -0.39 is 5.90 Å². The van der Waals surface area contributed by atoms with Crippen molar-refractivity contribution >= 4 is 50.6 Å². The number of rotatable bonds is 4. The van der Waals surface area contributed by atoms with E-state index in [4.69, 9.17) is 21.9 Å². The van der Waals surface area contributed by atoms with Crippen LogP contribution in [0.5, 0.6) is 0 Å². The molecule has 3 heterocycles. The Morgan fingerprint density at radius 1 is 1.25 bits per heavy atom. The second-order valence-electron chi connectivity index (χ2n) is 6.43. The number of pyridine rings is 1. The van der Waals surface area contributed by atoms with Gasteiger partial charge in [-0.15, -0.1) is 11.3 Å². The first kappa shape index (κ1) is 18.4. The Balaban J connectivity index is 1.72. The normalized spacial score (nSPS) is 12.2. The fourth-order valence-electron chi connectivity index (χ4n) is 2.63. The van der Waals surface area contributed by atoms with Crippen LogP contribution in [0.25, 0.3) is 21.5 Å². The molecule has 0 saturated carbocycles. The Morgan fingerprint density at radius 2 is 2.00 bits per heavy atom. The fraction of sp³-hybridized carbons (Fsp3) is 0.158. The van der Waals surface area contributed by atoms with Crippen LogP contribution in [0.4, 0.5) is 11.6 Å². The topological polar surface area (TPSA) is 104 Å². The van der Waals surface area contributed by atoms with E-state index in [0.29, 0.717) is 20.4 Å². The van der Waals surface area contributed by atoms with E-state index in [0.717, 1.165) is 16.6 Å². The molecule has 28 heavy (non-hydrogen) atoms. The summed E-state index contributed by atoms with van der Waals surface area (Å²) in [6.45, 7) is 3.89. The van der Waals surface area contributed by atoms with Crippen LogP contribution >= 0.6 is 22.9 Å². The highest BCUT2D eigenvalue weighted by atomic mass is 35.5. The number of fused-ring (bicyclic) bond motifs is 1. The van der Waals surface area contributed by atoms with Crippen molar-refractivity contribution in [2.45, 2.75) is 19.9 Å². The predicted octanol–water partition coefficient (Wildman–Crippen LogP) is 3.49. The van der Waals surface area contributed by atoms with Crippen molar-refractivity contribution in [1.29, 1.82) is 0 Å². The van der Waals surface area contributed by atoms with Crippen molar-refractivity contribution < 1.29 is 14.3 Å². The van der Waals surface area contributed by atoms with Gasteiger partial charge in [0, 0.05) is 21.9 Å². The van der Waals surface area contributed by atoms with Gasteiger partial charge in [0.15, 0.2) is 6.04 Å². The molecule has 0 fully saturated rings. The van der Waals surface area contributed by atoms with E-state index >= 15 is 0 Å². The minimum Gasteiger partial charge on any atom is -0.857 e. The largest absolute Gasteiger partial charge is 0.857 e. The molecule has 0 bridgehead atoms. The van der Waals surface area contributed by atoms with Gasteiger partial charge in [-0.1, -0.05) is 23.7 Å². The van der Waals surface area contributed by atoms with E-state index in [2.05, 4.69) is 15.2 Å². The Hall–Kier alpha value is -2.97. The summed E-state index contributed by atoms with van der Waals surface area (Å²) in [5.41, 5.74) is 8.24. The molecule has 0 aliphatic carbocycles. The second kappa shape index (κ2) is 7.21. The molecule has 4 aromatic rings. The maximum absolute atomic E-state index is 12.6. The number of benzene rings is 1. The van der Waals surface area contributed by atoms with Crippen molar-refractivity contribution in [3.63, 3.8) is 0 Å². The van der Waals surface area contributed by atoms with Crippen LogP contribution < -0.4 is 15.5 Å². The highest BCUT2D eigenvalue weighted by molar-refractivity contribution is 7.21. The molecule has 0 atom stereocenters. The van der Waals surface area contributed by atoms with E-state index in [9.17, 15) is 5.11 Å². The van der Waals surface area contributed by atoms with Crippen molar-refractivity contribution in [1.82, 2.24) is 10.3 Å². The molecule has 0 spiro atoms. The summed E-state index contributed by atoms with van der Waals surface area (Å²) >= 11 is 7.14. The van der Waals surface area contributed by atoms with Crippen molar-refractivity contribution in [3.05, 3.63) is 52.5 Å². The SMILES string of the molecule is CC(C)[n+]1cc(/N=C(\[O-])c2sc3nc(-c4ccc(Cl)cc4)ccc3c2N)on1.